The van der Waals surface area contributed by atoms with E-state index in [0.29, 0.717) is 6.54 Å². The maximum Gasteiger partial charge on any atom is 0.224 e. The molecule has 0 bridgehead atoms. The van der Waals surface area contributed by atoms with Gasteiger partial charge < -0.3 is 11.1 Å². The standard InChI is InChI=1S/C12H26N2O/c1-9(7-13)10(15)14-12(5,6)8-11(2,3)4/h9H,7-8,13H2,1-6H3,(H,14,15). The van der Waals surface area contributed by atoms with Crippen molar-refractivity contribution in [3.8, 4) is 0 Å². The zero-order valence-corrected chi connectivity index (χ0v) is 11.0. The molecule has 0 radical (unpaired) electrons. The molecule has 0 aromatic heterocycles. The van der Waals surface area contributed by atoms with Gasteiger partial charge in [0.25, 0.3) is 0 Å². The highest BCUT2D eigenvalue weighted by molar-refractivity contribution is 5.79. The molecule has 0 heterocycles. The minimum atomic E-state index is -0.168. The Morgan fingerprint density at radius 3 is 2.07 bits per heavy atom. The highest BCUT2D eigenvalue weighted by atomic mass is 16.2. The van der Waals surface area contributed by atoms with E-state index in [9.17, 15) is 4.79 Å². The lowest BCUT2D eigenvalue weighted by Crippen LogP contribution is -2.48. The molecular formula is C12H26N2O. The van der Waals surface area contributed by atoms with Gasteiger partial charge in [-0.05, 0) is 25.7 Å². The van der Waals surface area contributed by atoms with Crippen molar-refractivity contribution >= 4 is 5.91 Å². The van der Waals surface area contributed by atoms with Gasteiger partial charge in [-0.3, -0.25) is 4.79 Å². The van der Waals surface area contributed by atoms with E-state index in [1.165, 1.54) is 0 Å². The van der Waals surface area contributed by atoms with Crippen LogP contribution in [0.3, 0.4) is 0 Å². The Morgan fingerprint density at radius 2 is 1.73 bits per heavy atom. The second kappa shape index (κ2) is 4.97. The summed E-state index contributed by atoms with van der Waals surface area (Å²) in [5.41, 5.74) is 5.50. The number of rotatable bonds is 4. The average Bonchev–Trinajstić information content (AvgIpc) is 1.96. The van der Waals surface area contributed by atoms with Crippen molar-refractivity contribution in [2.45, 2.75) is 53.5 Å². The van der Waals surface area contributed by atoms with Crippen molar-refractivity contribution < 1.29 is 4.79 Å². The third kappa shape index (κ3) is 6.50. The van der Waals surface area contributed by atoms with Crippen molar-refractivity contribution in [2.24, 2.45) is 17.1 Å². The van der Waals surface area contributed by atoms with E-state index < -0.39 is 0 Å². The average molecular weight is 214 g/mol. The molecule has 3 nitrogen and oxygen atoms in total. The van der Waals surface area contributed by atoms with Gasteiger partial charge in [0.05, 0.1) is 0 Å². The van der Waals surface area contributed by atoms with Crippen LogP contribution < -0.4 is 11.1 Å². The Hall–Kier alpha value is -0.570. The normalized spacial score (nSPS) is 14.9. The first-order chi connectivity index (χ1) is 6.57. The van der Waals surface area contributed by atoms with Crippen LogP contribution in [-0.4, -0.2) is 18.0 Å². The number of amides is 1. The predicted octanol–water partition coefficient (Wildman–Crippen LogP) is 1.91. The second-order valence-electron chi connectivity index (χ2n) is 6.25. The molecular weight excluding hydrogens is 188 g/mol. The van der Waals surface area contributed by atoms with Crippen molar-refractivity contribution in [1.29, 1.82) is 0 Å². The zero-order valence-electron chi connectivity index (χ0n) is 11.0. The van der Waals surface area contributed by atoms with E-state index in [1.807, 2.05) is 6.92 Å². The number of carbonyl (C=O) groups excluding carboxylic acids is 1. The summed E-state index contributed by atoms with van der Waals surface area (Å²) in [6, 6.07) is 0. The van der Waals surface area contributed by atoms with E-state index >= 15 is 0 Å². The van der Waals surface area contributed by atoms with Crippen molar-refractivity contribution in [1.82, 2.24) is 5.32 Å². The third-order valence-electron chi connectivity index (χ3n) is 2.23. The Labute approximate surface area is 93.8 Å². The van der Waals surface area contributed by atoms with Crippen LogP contribution in [0.4, 0.5) is 0 Å². The van der Waals surface area contributed by atoms with Crippen LogP contribution in [-0.2, 0) is 4.79 Å². The quantitative estimate of drug-likeness (QED) is 0.751. The molecule has 0 fully saturated rings. The molecule has 0 saturated carbocycles. The first-order valence-electron chi connectivity index (χ1n) is 5.59. The van der Waals surface area contributed by atoms with Crippen molar-refractivity contribution in [2.75, 3.05) is 6.54 Å². The molecule has 0 aliphatic rings. The van der Waals surface area contributed by atoms with Crippen LogP contribution in [0.5, 0.6) is 0 Å². The summed E-state index contributed by atoms with van der Waals surface area (Å²) in [6.45, 7) is 12.9. The van der Waals surface area contributed by atoms with Crippen molar-refractivity contribution in [3.05, 3.63) is 0 Å². The smallest absolute Gasteiger partial charge is 0.224 e. The highest BCUT2D eigenvalue weighted by Gasteiger charge is 2.28. The molecule has 1 amide bonds. The summed E-state index contributed by atoms with van der Waals surface area (Å²) in [6.07, 6.45) is 0.947. The molecule has 3 N–H and O–H groups in total. The highest BCUT2D eigenvalue weighted by Crippen LogP contribution is 2.26. The van der Waals surface area contributed by atoms with Gasteiger partial charge in [-0.15, -0.1) is 0 Å². The van der Waals surface area contributed by atoms with Gasteiger partial charge >= 0.3 is 0 Å². The molecule has 0 aromatic carbocycles. The van der Waals surface area contributed by atoms with Crippen LogP contribution >= 0.6 is 0 Å². The Kier molecular flexibility index (Phi) is 4.78. The van der Waals surface area contributed by atoms with Crippen LogP contribution in [0, 0.1) is 11.3 Å². The summed E-state index contributed by atoms with van der Waals surface area (Å²) < 4.78 is 0. The van der Waals surface area contributed by atoms with Gasteiger partial charge in [-0.1, -0.05) is 27.7 Å². The maximum atomic E-state index is 11.7. The fraction of sp³-hybridized carbons (Fsp3) is 0.917. The van der Waals surface area contributed by atoms with E-state index in [-0.39, 0.29) is 22.8 Å². The fourth-order valence-corrected chi connectivity index (χ4v) is 1.93. The molecule has 0 rings (SSSR count). The third-order valence-corrected chi connectivity index (χ3v) is 2.23. The zero-order chi connectivity index (χ0) is 12.3. The van der Waals surface area contributed by atoms with Crippen LogP contribution in [0.15, 0.2) is 0 Å². The number of carbonyl (C=O) groups is 1. The van der Waals surface area contributed by atoms with Gasteiger partial charge in [-0.2, -0.15) is 0 Å². The molecule has 0 aromatic rings. The summed E-state index contributed by atoms with van der Waals surface area (Å²) in [7, 11) is 0. The topological polar surface area (TPSA) is 55.1 Å². The monoisotopic (exact) mass is 214 g/mol. The molecule has 3 heteroatoms. The molecule has 0 aliphatic heterocycles. The minimum Gasteiger partial charge on any atom is -0.351 e. The molecule has 1 atom stereocenters. The minimum absolute atomic E-state index is 0.0479. The number of hydrogen-bond acceptors (Lipinski definition) is 2. The summed E-state index contributed by atoms with van der Waals surface area (Å²) in [4.78, 5) is 11.7. The second-order valence-corrected chi connectivity index (χ2v) is 6.25. The summed E-state index contributed by atoms with van der Waals surface area (Å²) >= 11 is 0. The molecule has 15 heavy (non-hydrogen) atoms. The van der Waals surface area contributed by atoms with Gasteiger partial charge in [0, 0.05) is 18.0 Å². The lowest BCUT2D eigenvalue weighted by molar-refractivity contribution is -0.126. The van der Waals surface area contributed by atoms with E-state index in [4.69, 9.17) is 5.73 Å². The number of nitrogens with one attached hydrogen (secondary N) is 1. The Morgan fingerprint density at radius 1 is 1.27 bits per heavy atom. The Balaban J connectivity index is 4.32. The molecule has 0 spiro atoms. The van der Waals surface area contributed by atoms with E-state index in [0.717, 1.165) is 6.42 Å². The van der Waals surface area contributed by atoms with Gasteiger partial charge in [0.2, 0.25) is 5.91 Å². The number of nitrogens with two attached hydrogens (primary N) is 1. The van der Waals surface area contributed by atoms with E-state index in [1.54, 1.807) is 0 Å². The molecule has 0 aliphatic carbocycles. The number of hydrogen-bond donors (Lipinski definition) is 2. The first-order valence-corrected chi connectivity index (χ1v) is 5.59. The van der Waals surface area contributed by atoms with Gasteiger partial charge in [-0.25, -0.2) is 0 Å². The molecule has 0 saturated heterocycles. The lowest BCUT2D eigenvalue weighted by atomic mass is 9.81. The molecule has 90 valence electrons. The lowest BCUT2D eigenvalue weighted by Gasteiger charge is -2.34. The maximum absolute atomic E-state index is 11.7. The van der Waals surface area contributed by atoms with Crippen LogP contribution in [0.1, 0.15) is 48.0 Å². The van der Waals surface area contributed by atoms with Gasteiger partial charge in [0.15, 0.2) is 0 Å². The van der Waals surface area contributed by atoms with Crippen molar-refractivity contribution in [3.63, 3.8) is 0 Å². The Bertz CT molecular complexity index is 216. The largest absolute Gasteiger partial charge is 0.351 e. The fourth-order valence-electron chi connectivity index (χ4n) is 1.93. The van der Waals surface area contributed by atoms with Crippen LogP contribution in [0.25, 0.3) is 0 Å². The SMILES string of the molecule is CC(CN)C(=O)NC(C)(C)CC(C)(C)C. The van der Waals surface area contributed by atoms with Crippen LogP contribution in [0.2, 0.25) is 0 Å². The molecule has 1 unspecified atom stereocenters. The summed E-state index contributed by atoms with van der Waals surface area (Å²) in [5.74, 6) is -0.0593. The van der Waals surface area contributed by atoms with Gasteiger partial charge in [0.1, 0.15) is 0 Å². The summed E-state index contributed by atoms with van der Waals surface area (Å²) in [5, 5.41) is 3.04. The predicted molar refractivity (Wildman–Crippen MR) is 64.5 cm³/mol. The first kappa shape index (κ1) is 14.4. The van der Waals surface area contributed by atoms with E-state index in [2.05, 4.69) is 39.9 Å².